The topological polar surface area (TPSA) is 33.7 Å². The van der Waals surface area contributed by atoms with Crippen molar-refractivity contribution in [3.8, 4) is 0 Å². The van der Waals surface area contributed by atoms with Crippen LogP contribution in [0, 0.1) is 5.92 Å². The van der Waals surface area contributed by atoms with Gasteiger partial charge in [-0.2, -0.15) is 0 Å². The molecule has 1 fully saturated rings. The maximum Gasteiger partial charge on any atom is 0.0589 e. The molecule has 0 amide bonds. The summed E-state index contributed by atoms with van der Waals surface area (Å²) in [6.45, 7) is 8.21. The van der Waals surface area contributed by atoms with Gasteiger partial charge in [-0.25, -0.2) is 0 Å². The molecule has 0 saturated heterocycles. The molecule has 0 spiro atoms. The lowest BCUT2D eigenvalue weighted by Crippen LogP contribution is -2.45. The van der Waals surface area contributed by atoms with E-state index in [1.165, 1.54) is 38.6 Å². The van der Waals surface area contributed by atoms with Gasteiger partial charge in [-0.1, -0.05) is 19.8 Å². The summed E-state index contributed by atoms with van der Waals surface area (Å²) in [6, 6.07) is 0.705. The molecule has 4 heteroatoms. The highest BCUT2D eigenvalue weighted by Crippen LogP contribution is 2.25. The molecule has 1 N–H and O–H groups in total. The van der Waals surface area contributed by atoms with Crippen molar-refractivity contribution >= 4 is 0 Å². The summed E-state index contributed by atoms with van der Waals surface area (Å²) in [5.41, 5.74) is 0. The minimum atomic E-state index is 0.705. The fourth-order valence-corrected chi connectivity index (χ4v) is 3.09. The number of ether oxygens (including phenoxy) is 2. The van der Waals surface area contributed by atoms with Gasteiger partial charge in [0.1, 0.15) is 0 Å². The molecule has 2 unspecified atom stereocenters. The Morgan fingerprint density at radius 1 is 1.05 bits per heavy atom. The van der Waals surface area contributed by atoms with Crippen LogP contribution in [0.25, 0.3) is 0 Å². The Labute approximate surface area is 125 Å². The average molecular weight is 286 g/mol. The van der Waals surface area contributed by atoms with Crippen molar-refractivity contribution in [2.24, 2.45) is 5.92 Å². The smallest absolute Gasteiger partial charge is 0.0589 e. The SMILES string of the molecule is CCCNC1CCCCC1CN(CCOC)CCOC. The normalized spacial score (nSPS) is 23.4. The molecule has 0 aromatic heterocycles. The zero-order chi connectivity index (χ0) is 14.6. The molecule has 2 atom stereocenters. The van der Waals surface area contributed by atoms with E-state index in [2.05, 4.69) is 17.1 Å². The van der Waals surface area contributed by atoms with E-state index in [1.807, 2.05) is 0 Å². The standard InChI is InChI=1S/C16H34N2O2/c1-4-9-17-16-8-6-5-7-15(16)14-18(10-12-19-2)11-13-20-3/h15-17H,4-14H2,1-3H3. The van der Waals surface area contributed by atoms with Crippen LogP contribution in [0.4, 0.5) is 0 Å². The molecular weight excluding hydrogens is 252 g/mol. The molecule has 0 heterocycles. The van der Waals surface area contributed by atoms with Gasteiger partial charge in [-0.15, -0.1) is 0 Å². The first-order chi connectivity index (χ1) is 9.81. The molecule has 0 radical (unpaired) electrons. The van der Waals surface area contributed by atoms with E-state index in [9.17, 15) is 0 Å². The summed E-state index contributed by atoms with van der Waals surface area (Å²) < 4.78 is 10.5. The van der Waals surface area contributed by atoms with E-state index in [0.29, 0.717) is 6.04 Å². The van der Waals surface area contributed by atoms with Crippen LogP contribution in [-0.2, 0) is 9.47 Å². The number of nitrogens with zero attached hydrogens (tertiary/aromatic N) is 1. The maximum absolute atomic E-state index is 5.24. The molecule has 120 valence electrons. The predicted molar refractivity (Wildman–Crippen MR) is 84.2 cm³/mol. The first-order valence-corrected chi connectivity index (χ1v) is 8.25. The maximum atomic E-state index is 5.24. The van der Waals surface area contributed by atoms with Gasteiger partial charge in [0.25, 0.3) is 0 Å². The predicted octanol–water partition coefficient (Wildman–Crippen LogP) is 2.14. The molecule has 0 bridgehead atoms. The van der Waals surface area contributed by atoms with E-state index in [1.54, 1.807) is 14.2 Å². The van der Waals surface area contributed by atoms with Crippen LogP contribution in [0.15, 0.2) is 0 Å². The lowest BCUT2D eigenvalue weighted by Gasteiger charge is -2.36. The highest BCUT2D eigenvalue weighted by molar-refractivity contribution is 4.83. The van der Waals surface area contributed by atoms with Crippen LogP contribution in [0.3, 0.4) is 0 Å². The van der Waals surface area contributed by atoms with Crippen LogP contribution in [0.2, 0.25) is 0 Å². The van der Waals surface area contributed by atoms with Crippen molar-refractivity contribution in [1.29, 1.82) is 0 Å². The molecule has 1 saturated carbocycles. The van der Waals surface area contributed by atoms with E-state index in [-0.39, 0.29) is 0 Å². The quantitative estimate of drug-likeness (QED) is 0.631. The van der Waals surface area contributed by atoms with E-state index in [4.69, 9.17) is 9.47 Å². The van der Waals surface area contributed by atoms with Crippen LogP contribution < -0.4 is 5.32 Å². The molecule has 0 aromatic rings. The first kappa shape index (κ1) is 17.9. The Balaban J connectivity index is 2.44. The van der Waals surface area contributed by atoms with Gasteiger partial charge in [0.2, 0.25) is 0 Å². The summed E-state index contributed by atoms with van der Waals surface area (Å²) in [7, 11) is 3.56. The Kier molecular flexibility index (Phi) is 10.3. The van der Waals surface area contributed by atoms with Crippen LogP contribution >= 0.6 is 0 Å². The third kappa shape index (κ3) is 7.02. The number of hydrogen-bond acceptors (Lipinski definition) is 4. The molecule has 1 aliphatic rings. The molecule has 1 rings (SSSR count). The molecule has 4 nitrogen and oxygen atoms in total. The summed E-state index contributed by atoms with van der Waals surface area (Å²) in [5.74, 6) is 0.781. The van der Waals surface area contributed by atoms with Gasteiger partial charge in [-0.3, -0.25) is 4.90 Å². The van der Waals surface area contributed by atoms with E-state index >= 15 is 0 Å². The molecule has 20 heavy (non-hydrogen) atoms. The van der Waals surface area contributed by atoms with Crippen LogP contribution in [0.5, 0.6) is 0 Å². The lowest BCUT2D eigenvalue weighted by atomic mass is 9.84. The number of nitrogens with one attached hydrogen (secondary N) is 1. The van der Waals surface area contributed by atoms with Gasteiger partial charge in [0.05, 0.1) is 13.2 Å². The minimum Gasteiger partial charge on any atom is -0.383 e. The van der Waals surface area contributed by atoms with Gasteiger partial charge < -0.3 is 14.8 Å². The summed E-state index contributed by atoms with van der Waals surface area (Å²) in [4.78, 5) is 2.50. The first-order valence-electron chi connectivity index (χ1n) is 8.25. The van der Waals surface area contributed by atoms with Crippen LogP contribution in [-0.4, -0.2) is 64.6 Å². The van der Waals surface area contributed by atoms with Crippen molar-refractivity contribution in [3.63, 3.8) is 0 Å². The highest BCUT2D eigenvalue weighted by Gasteiger charge is 2.26. The zero-order valence-electron chi connectivity index (χ0n) is 13.7. The Hall–Kier alpha value is -0.160. The number of hydrogen-bond donors (Lipinski definition) is 1. The minimum absolute atomic E-state index is 0.705. The molecule has 1 aliphatic carbocycles. The Morgan fingerprint density at radius 2 is 1.70 bits per heavy atom. The van der Waals surface area contributed by atoms with Gasteiger partial charge in [-0.05, 0) is 31.7 Å². The fraction of sp³-hybridized carbons (Fsp3) is 1.00. The Bertz CT molecular complexity index is 219. The van der Waals surface area contributed by atoms with Gasteiger partial charge in [0, 0.05) is 39.9 Å². The summed E-state index contributed by atoms with van der Waals surface area (Å²) >= 11 is 0. The average Bonchev–Trinajstić information content (AvgIpc) is 2.49. The van der Waals surface area contributed by atoms with Crippen molar-refractivity contribution in [2.75, 3.05) is 53.6 Å². The van der Waals surface area contributed by atoms with Gasteiger partial charge >= 0.3 is 0 Å². The lowest BCUT2D eigenvalue weighted by molar-refractivity contribution is 0.0909. The zero-order valence-corrected chi connectivity index (χ0v) is 13.7. The fourth-order valence-electron chi connectivity index (χ4n) is 3.09. The van der Waals surface area contributed by atoms with Gasteiger partial charge in [0.15, 0.2) is 0 Å². The van der Waals surface area contributed by atoms with Crippen molar-refractivity contribution < 1.29 is 9.47 Å². The monoisotopic (exact) mass is 286 g/mol. The van der Waals surface area contributed by atoms with E-state index in [0.717, 1.165) is 38.8 Å². The number of rotatable bonds is 11. The van der Waals surface area contributed by atoms with E-state index < -0.39 is 0 Å². The third-order valence-corrected chi connectivity index (χ3v) is 4.28. The molecule has 0 aromatic carbocycles. The van der Waals surface area contributed by atoms with Crippen molar-refractivity contribution in [3.05, 3.63) is 0 Å². The Morgan fingerprint density at radius 3 is 2.30 bits per heavy atom. The summed E-state index contributed by atoms with van der Waals surface area (Å²) in [5, 5.41) is 3.75. The second kappa shape index (κ2) is 11.5. The highest BCUT2D eigenvalue weighted by atomic mass is 16.5. The third-order valence-electron chi connectivity index (χ3n) is 4.28. The second-order valence-corrected chi connectivity index (χ2v) is 5.89. The molecular formula is C16H34N2O2. The second-order valence-electron chi connectivity index (χ2n) is 5.89. The molecule has 0 aliphatic heterocycles. The largest absolute Gasteiger partial charge is 0.383 e. The van der Waals surface area contributed by atoms with Crippen LogP contribution in [0.1, 0.15) is 39.0 Å². The number of methoxy groups -OCH3 is 2. The van der Waals surface area contributed by atoms with Crippen molar-refractivity contribution in [2.45, 2.75) is 45.1 Å². The summed E-state index contributed by atoms with van der Waals surface area (Å²) in [6.07, 6.45) is 6.69. The van der Waals surface area contributed by atoms with Crippen molar-refractivity contribution in [1.82, 2.24) is 10.2 Å².